The Morgan fingerprint density at radius 1 is 1.12 bits per heavy atom. The van der Waals surface area contributed by atoms with Crippen LogP contribution in [0.4, 0.5) is 0 Å². The molecular weight excluding hydrogens is 234 g/mol. The molecule has 0 atom stereocenters. The summed E-state index contributed by atoms with van der Waals surface area (Å²) in [6.45, 7) is 2.16. The molecule has 0 bridgehead atoms. The SMILES string of the molecule is CCCCCCC1=NS(=O)(=O)c2ccccc21. The van der Waals surface area contributed by atoms with Gasteiger partial charge in [0.25, 0.3) is 10.0 Å². The zero-order chi connectivity index (χ0) is 12.3. The zero-order valence-electron chi connectivity index (χ0n) is 10.0. The molecule has 0 aromatic heterocycles. The van der Waals surface area contributed by atoms with Crippen molar-refractivity contribution < 1.29 is 8.42 Å². The summed E-state index contributed by atoms with van der Waals surface area (Å²) in [5.41, 5.74) is 1.53. The molecule has 0 N–H and O–H groups in total. The van der Waals surface area contributed by atoms with E-state index >= 15 is 0 Å². The third kappa shape index (κ3) is 2.57. The monoisotopic (exact) mass is 251 g/mol. The molecule has 4 heteroatoms. The van der Waals surface area contributed by atoms with Gasteiger partial charge in [-0.1, -0.05) is 44.4 Å². The van der Waals surface area contributed by atoms with Gasteiger partial charge < -0.3 is 0 Å². The summed E-state index contributed by atoms with van der Waals surface area (Å²) in [4.78, 5) is 0.366. The molecule has 92 valence electrons. The van der Waals surface area contributed by atoms with Crippen molar-refractivity contribution in [1.29, 1.82) is 0 Å². The van der Waals surface area contributed by atoms with Crippen LogP contribution >= 0.6 is 0 Å². The second-order valence-corrected chi connectivity index (χ2v) is 5.89. The molecular formula is C13H17NO2S. The lowest BCUT2D eigenvalue weighted by Crippen LogP contribution is -1.97. The topological polar surface area (TPSA) is 46.5 Å². The lowest BCUT2D eigenvalue weighted by atomic mass is 10.0. The minimum absolute atomic E-state index is 0.366. The molecule has 17 heavy (non-hydrogen) atoms. The van der Waals surface area contributed by atoms with Gasteiger partial charge in [-0.05, 0) is 18.9 Å². The molecule has 0 amide bonds. The summed E-state index contributed by atoms with van der Waals surface area (Å²) in [5.74, 6) is 0. The van der Waals surface area contributed by atoms with Crippen LogP contribution in [0.2, 0.25) is 0 Å². The predicted octanol–water partition coefficient (Wildman–Crippen LogP) is 3.15. The molecule has 3 nitrogen and oxygen atoms in total. The summed E-state index contributed by atoms with van der Waals surface area (Å²) in [6.07, 6.45) is 5.29. The van der Waals surface area contributed by atoms with Crippen LogP contribution in [0.1, 0.15) is 44.6 Å². The first-order chi connectivity index (χ1) is 8.15. The summed E-state index contributed by atoms with van der Waals surface area (Å²) in [5, 5.41) is 0. The van der Waals surface area contributed by atoms with E-state index in [0.717, 1.165) is 30.5 Å². The molecule has 1 aliphatic rings. The van der Waals surface area contributed by atoms with Crippen molar-refractivity contribution in [2.24, 2.45) is 4.40 Å². The fourth-order valence-corrected chi connectivity index (χ4v) is 3.37. The van der Waals surface area contributed by atoms with E-state index in [1.54, 1.807) is 12.1 Å². The first-order valence-corrected chi connectivity index (χ1v) is 7.52. The van der Waals surface area contributed by atoms with Gasteiger partial charge in [0.05, 0.1) is 10.6 Å². The van der Waals surface area contributed by atoms with Gasteiger partial charge in [0, 0.05) is 5.56 Å². The average molecular weight is 251 g/mol. The van der Waals surface area contributed by atoms with Crippen LogP contribution in [-0.2, 0) is 10.0 Å². The second-order valence-electron chi connectivity index (χ2n) is 4.32. The van der Waals surface area contributed by atoms with E-state index in [9.17, 15) is 8.42 Å². The van der Waals surface area contributed by atoms with Crippen molar-refractivity contribution >= 4 is 15.7 Å². The van der Waals surface area contributed by atoms with Gasteiger partial charge in [0.2, 0.25) is 0 Å². The third-order valence-corrected chi connectivity index (χ3v) is 4.35. The number of unbranched alkanes of at least 4 members (excludes halogenated alkanes) is 3. The molecule has 0 unspecified atom stereocenters. The summed E-state index contributed by atoms with van der Waals surface area (Å²) >= 11 is 0. The quantitative estimate of drug-likeness (QED) is 0.755. The lowest BCUT2D eigenvalue weighted by molar-refractivity contribution is 0.599. The number of hydrogen-bond acceptors (Lipinski definition) is 2. The van der Waals surface area contributed by atoms with Crippen molar-refractivity contribution in [1.82, 2.24) is 0 Å². The molecule has 1 heterocycles. The third-order valence-electron chi connectivity index (χ3n) is 2.97. The van der Waals surface area contributed by atoms with Crippen molar-refractivity contribution in [3.05, 3.63) is 29.8 Å². The van der Waals surface area contributed by atoms with Crippen LogP contribution < -0.4 is 0 Å². The Kier molecular flexibility index (Phi) is 3.62. The van der Waals surface area contributed by atoms with E-state index in [-0.39, 0.29) is 0 Å². The first kappa shape index (κ1) is 12.3. The van der Waals surface area contributed by atoms with Crippen molar-refractivity contribution in [2.75, 3.05) is 0 Å². The highest BCUT2D eigenvalue weighted by molar-refractivity contribution is 7.90. The van der Waals surface area contributed by atoms with Crippen LogP contribution in [0.15, 0.2) is 33.6 Å². The van der Waals surface area contributed by atoms with Gasteiger partial charge in [0.15, 0.2) is 0 Å². The van der Waals surface area contributed by atoms with Crippen LogP contribution in [0, 0.1) is 0 Å². The van der Waals surface area contributed by atoms with E-state index in [4.69, 9.17) is 0 Å². The van der Waals surface area contributed by atoms with Crippen molar-refractivity contribution in [2.45, 2.75) is 43.9 Å². The number of fused-ring (bicyclic) bond motifs is 1. The molecule has 0 spiro atoms. The molecule has 1 aromatic carbocycles. The highest BCUT2D eigenvalue weighted by Gasteiger charge is 2.27. The Balaban J connectivity index is 2.15. The molecule has 0 saturated carbocycles. The van der Waals surface area contributed by atoms with E-state index in [1.807, 2.05) is 12.1 Å². The average Bonchev–Trinajstić information content (AvgIpc) is 2.58. The van der Waals surface area contributed by atoms with Crippen LogP contribution in [0.5, 0.6) is 0 Å². The van der Waals surface area contributed by atoms with Gasteiger partial charge in [0.1, 0.15) is 0 Å². The highest BCUT2D eigenvalue weighted by Crippen LogP contribution is 2.27. The predicted molar refractivity (Wildman–Crippen MR) is 68.9 cm³/mol. The second kappa shape index (κ2) is 5.00. The van der Waals surface area contributed by atoms with E-state index < -0.39 is 10.0 Å². The van der Waals surface area contributed by atoms with Crippen LogP contribution in [-0.4, -0.2) is 14.1 Å². The minimum Gasteiger partial charge on any atom is -0.199 e. The highest BCUT2D eigenvalue weighted by atomic mass is 32.2. The number of benzene rings is 1. The first-order valence-electron chi connectivity index (χ1n) is 6.08. The Bertz CT molecular complexity index is 532. The molecule has 0 radical (unpaired) electrons. The molecule has 0 saturated heterocycles. The molecule has 0 fully saturated rings. The Hall–Kier alpha value is -1.16. The van der Waals surface area contributed by atoms with Crippen molar-refractivity contribution in [3.63, 3.8) is 0 Å². The maximum atomic E-state index is 11.8. The maximum Gasteiger partial charge on any atom is 0.283 e. The summed E-state index contributed by atoms with van der Waals surface area (Å²) in [7, 11) is -3.41. The molecule has 2 rings (SSSR count). The van der Waals surface area contributed by atoms with Gasteiger partial charge in [-0.15, -0.1) is 0 Å². The van der Waals surface area contributed by atoms with E-state index in [1.165, 1.54) is 12.8 Å². The van der Waals surface area contributed by atoms with Gasteiger partial charge >= 0.3 is 0 Å². The Morgan fingerprint density at radius 2 is 1.88 bits per heavy atom. The van der Waals surface area contributed by atoms with Gasteiger partial charge in [-0.25, -0.2) is 0 Å². The summed E-state index contributed by atoms with van der Waals surface area (Å²) < 4.78 is 27.4. The smallest absolute Gasteiger partial charge is 0.199 e. The van der Waals surface area contributed by atoms with Crippen LogP contribution in [0.25, 0.3) is 0 Å². The number of hydrogen-bond donors (Lipinski definition) is 0. The van der Waals surface area contributed by atoms with Gasteiger partial charge in [-0.3, -0.25) is 0 Å². The summed E-state index contributed by atoms with van der Waals surface area (Å²) in [6, 6.07) is 7.08. The van der Waals surface area contributed by atoms with E-state index in [0.29, 0.717) is 4.90 Å². The minimum atomic E-state index is -3.41. The Labute approximate surface area is 103 Å². The normalized spacial score (nSPS) is 16.6. The van der Waals surface area contributed by atoms with E-state index in [2.05, 4.69) is 11.3 Å². The fourth-order valence-electron chi connectivity index (χ4n) is 2.07. The van der Waals surface area contributed by atoms with Gasteiger partial charge in [-0.2, -0.15) is 12.8 Å². The fraction of sp³-hybridized carbons (Fsp3) is 0.462. The number of nitrogens with zero attached hydrogens (tertiary/aromatic N) is 1. The molecule has 0 aliphatic carbocycles. The maximum absolute atomic E-state index is 11.8. The lowest BCUT2D eigenvalue weighted by Gasteiger charge is -2.01. The zero-order valence-corrected chi connectivity index (χ0v) is 10.8. The number of sulfonamides is 1. The standard InChI is InChI=1S/C13H17NO2S/c1-2-3-4-5-9-12-11-8-6-7-10-13(11)17(15,16)14-12/h6-8,10H,2-5,9H2,1H3. The Morgan fingerprint density at radius 3 is 2.65 bits per heavy atom. The number of rotatable bonds is 5. The van der Waals surface area contributed by atoms with Crippen molar-refractivity contribution in [3.8, 4) is 0 Å². The molecule has 1 aromatic rings. The largest absolute Gasteiger partial charge is 0.283 e. The van der Waals surface area contributed by atoms with Crippen LogP contribution in [0.3, 0.4) is 0 Å². The molecule has 1 aliphatic heterocycles.